The summed E-state index contributed by atoms with van der Waals surface area (Å²) in [6.07, 6.45) is 0.915. The smallest absolute Gasteiger partial charge is 0.226 e. The quantitative estimate of drug-likeness (QED) is 0.589. The summed E-state index contributed by atoms with van der Waals surface area (Å²) in [7, 11) is 0. The Labute approximate surface area is 146 Å². The lowest BCUT2D eigenvalue weighted by atomic mass is 10.3. The number of carbonyl (C=O) groups is 1. The van der Waals surface area contributed by atoms with Gasteiger partial charge in [-0.15, -0.1) is 0 Å². The average Bonchev–Trinajstić information content (AvgIpc) is 2.46. The van der Waals surface area contributed by atoms with Crippen molar-refractivity contribution in [2.45, 2.75) is 26.7 Å². The van der Waals surface area contributed by atoms with Crippen molar-refractivity contribution in [1.82, 2.24) is 10.2 Å². The monoisotopic (exact) mass is 362 g/mol. The van der Waals surface area contributed by atoms with E-state index in [1.165, 1.54) is 0 Å². The molecule has 0 heterocycles. The van der Waals surface area contributed by atoms with Crippen LogP contribution in [-0.4, -0.2) is 35.6 Å². The maximum Gasteiger partial charge on any atom is 0.226 e. The molecule has 0 spiro atoms. The van der Waals surface area contributed by atoms with Gasteiger partial charge in [0.1, 0.15) is 5.75 Å². The minimum atomic E-state index is -0.109. The zero-order valence-corrected chi connectivity index (χ0v) is 15.0. The van der Waals surface area contributed by atoms with E-state index in [4.69, 9.17) is 40.2 Å². The van der Waals surface area contributed by atoms with Crippen molar-refractivity contribution >= 4 is 46.4 Å². The normalized spacial score (nSPS) is 10.2. The van der Waals surface area contributed by atoms with Gasteiger partial charge in [-0.3, -0.25) is 4.79 Å². The number of rotatable bonds is 7. The average molecular weight is 363 g/mol. The van der Waals surface area contributed by atoms with Crippen molar-refractivity contribution in [3.05, 3.63) is 28.2 Å². The van der Waals surface area contributed by atoms with Crippen molar-refractivity contribution < 1.29 is 9.53 Å². The molecule has 0 radical (unpaired) electrons. The number of hydrogen-bond acceptors (Lipinski definition) is 3. The summed E-state index contributed by atoms with van der Waals surface area (Å²) in [5.41, 5.74) is 0. The van der Waals surface area contributed by atoms with Gasteiger partial charge in [0, 0.05) is 24.5 Å². The Morgan fingerprint density at radius 2 is 2.00 bits per heavy atom. The third-order valence-electron chi connectivity index (χ3n) is 3.00. The minimum Gasteiger partial charge on any atom is -0.492 e. The Morgan fingerprint density at radius 3 is 2.59 bits per heavy atom. The number of halogens is 2. The van der Waals surface area contributed by atoms with Crippen molar-refractivity contribution in [2.75, 3.05) is 19.7 Å². The first-order chi connectivity index (χ1) is 10.5. The van der Waals surface area contributed by atoms with Gasteiger partial charge in [0.15, 0.2) is 5.11 Å². The second-order valence-corrected chi connectivity index (χ2v) is 5.78. The molecule has 0 aliphatic carbocycles. The van der Waals surface area contributed by atoms with Gasteiger partial charge in [0.05, 0.1) is 11.6 Å². The fourth-order valence-electron chi connectivity index (χ4n) is 1.78. The summed E-state index contributed by atoms with van der Waals surface area (Å²) in [6, 6.07) is 5.03. The SMILES string of the molecule is CCN(CC)C(=S)NC(=O)CCCOc1ccc(Cl)cc1Cl. The van der Waals surface area contributed by atoms with Gasteiger partial charge in [0.25, 0.3) is 0 Å². The van der Waals surface area contributed by atoms with Crippen molar-refractivity contribution in [3.63, 3.8) is 0 Å². The van der Waals surface area contributed by atoms with E-state index in [-0.39, 0.29) is 5.91 Å². The standard InChI is InChI=1S/C15H20Cl2N2O2S/c1-3-19(4-2)15(22)18-14(20)6-5-9-21-13-8-7-11(16)10-12(13)17/h7-8,10H,3-6,9H2,1-2H3,(H,18,20,22). The topological polar surface area (TPSA) is 41.6 Å². The highest BCUT2D eigenvalue weighted by atomic mass is 35.5. The molecule has 0 bridgehead atoms. The van der Waals surface area contributed by atoms with Crippen LogP contribution in [0.3, 0.4) is 0 Å². The van der Waals surface area contributed by atoms with E-state index in [2.05, 4.69) is 5.32 Å². The number of hydrogen-bond donors (Lipinski definition) is 1. The summed E-state index contributed by atoms with van der Waals surface area (Å²) >= 11 is 17.0. The van der Waals surface area contributed by atoms with Crippen LogP contribution in [0.25, 0.3) is 0 Å². The molecule has 0 atom stereocenters. The lowest BCUT2D eigenvalue weighted by molar-refractivity contribution is -0.120. The molecule has 4 nitrogen and oxygen atoms in total. The number of amides is 1. The predicted molar refractivity (Wildman–Crippen MR) is 94.9 cm³/mol. The zero-order valence-electron chi connectivity index (χ0n) is 12.7. The molecule has 0 aromatic heterocycles. The fourth-order valence-corrected chi connectivity index (χ4v) is 2.61. The van der Waals surface area contributed by atoms with Gasteiger partial charge in [-0.1, -0.05) is 23.2 Å². The highest BCUT2D eigenvalue weighted by Crippen LogP contribution is 2.27. The number of carbonyl (C=O) groups excluding carboxylic acids is 1. The first-order valence-electron chi connectivity index (χ1n) is 7.14. The summed E-state index contributed by atoms with van der Waals surface area (Å²) in [5.74, 6) is 0.452. The molecule has 1 aromatic rings. The molecule has 0 fully saturated rings. The second-order valence-electron chi connectivity index (χ2n) is 4.55. The molecule has 1 amide bonds. The van der Waals surface area contributed by atoms with Crippen LogP contribution in [0, 0.1) is 0 Å². The largest absolute Gasteiger partial charge is 0.492 e. The molecule has 0 aliphatic heterocycles. The number of nitrogens with one attached hydrogen (secondary N) is 1. The second kappa shape index (κ2) is 9.87. The Balaban J connectivity index is 2.29. The summed E-state index contributed by atoms with van der Waals surface area (Å²) < 4.78 is 5.52. The number of ether oxygens (including phenoxy) is 1. The van der Waals surface area contributed by atoms with Gasteiger partial charge in [-0.05, 0) is 50.7 Å². The molecule has 0 aliphatic rings. The van der Waals surface area contributed by atoms with Crippen LogP contribution in [0.2, 0.25) is 10.0 Å². The van der Waals surface area contributed by atoms with Crippen molar-refractivity contribution in [3.8, 4) is 5.75 Å². The van der Waals surface area contributed by atoms with Crippen molar-refractivity contribution in [1.29, 1.82) is 0 Å². The highest BCUT2D eigenvalue weighted by Gasteiger charge is 2.09. The Morgan fingerprint density at radius 1 is 1.32 bits per heavy atom. The van der Waals surface area contributed by atoms with E-state index >= 15 is 0 Å². The zero-order chi connectivity index (χ0) is 16.5. The van der Waals surface area contributed by atoms with E-state index in [1.807, 2.05) is 18.7 Å². The number of nitrogens with zero attached hydrogens (tertiary/aromatic N) is 1. The Bertz CT molecular complexity index is 522. The van der Waals surface area contributed by atoms with E-state index in [9.17, 15) is 4.79 Å². The van der Waals surface area contributed by atoms with Crippen LogP contribution in [0.15, 0.2) is 18.2 Å². The van der Waals surface area contributed by atoms with Crippen LogP contribution in [0.1, 0.15) is 26.7 Å². The fraction of sp³-hybridized carbons (Fsp3) is 0.467. The summed E-state index contributed by atoms with van der Waals surface area (Å²) in [5, 5.41) is 4.20. The van der Waals surface area contributed by atoms with E-state index in [1.54, 1.807) is 18.2 Å². The summed E-state index contributed by atoms with van der Waals surface area (Å²) in [6.45, 7) is 5.92. The van der Waals surface area contributed by atoms with E-state index < -0.39 is 0 Å². The molecule has 22 heavy (non-hydrogen) atoms. The van der Waals surface area contributed by atoms with Gasteiger partial charge in [0.2, 0.25) is 5.91 Å². The van der Waals surface area contributed by atoms with E-state index in [0.717, 1.165) is 13.1 Å². The lowest BCUT2D eigenvalue weighted by Crippen LogP contribution is -2.42. The Hall–Kier alpha value is -1.04. The minimum absolute atomic E-state index is 0.109. The first-order valence-corrected chi connectivity index (χ1v) is 8.31. The lowest BCUT2D eigenvalue weighted by Gasteiger charge is -2.21. The first kappa shape index (κ1) is 19.0. The summed E-state index contributed by atoms with van der Waals surface area (Å²) in [4.78, 5) is 13.7. The van der Waals surface area contributed by atoms with Crippen LogP contribution in [0.5, 0.6) is 5.75 Å². The van der Waals surface area contributed by atoms with Gasteiger partial charge in [-0.2, -0.15) is 0 Å². The van der Waals surface area contributed by atoms with Crippen LogP contribution < -0.4 is 10.1 Å². The molecule has 0 unspecified atom stereocenters. The van der Waals surface area contributed by atoms with Crippen LogP contribution in [-0.2, 0) is 4.79 Å². The molecule has 1 aromatic carbocycles. The predicted octanol–water partition coefficient (Wildman–Crippen LogP) is 3.90. The maximum absolute atomic E-state index is 11.8. The molecule has 122 valence electrons. The van der Waals surface area contributed by atoms with E-state index in [0.29, 0.717) is 40.4 Å². The molecule has 1 rings (SSSR count). The molecule has 0 saturated heterocycles. The molecule has 7 heteroatoms. The molecule has 1 N–H and O–H groups in total. The molecular formula is C15H20Cl2N2O2S. The van der Waals surface area contributed by atoms with Gasteiger partial charge >= 0.3 is 0 Å². The maximum atomic E-state index is 11.8. The third-order valence-corrected chi connectivity index (χ3v) is 3.89. The Kier molecular flexibility index (Phi) is 8.53. The number of thiocarbonyl (C=S) groups is 1. The van der Waals surface area contributed by atoms with Gasteiger partial charge < -0.3 is 15.0 Å². The van der Waals surface area contributed by atoms with Crippen LogP contribution >= 0.6 is 35.4 Å². The highest BCUT2D eigenvalue weighted by molar-refractivity contribution is 7.80. The van der Waals surface area contributed by atoms with Crippen molar-refractivity contribution in [2.24, 2.45) is 0 Å². The van der Waals surface area contributed by atoms with Gasteiger partial charge in [-0.25, -0.2) is 0 Å². The third kappa shape index (κ3) is 6.38. The van der Waals surface area contributed by atoms with Crippen LogP contribution in [0.4, 0.5) is 0 Å². The molecular weight excluding hydrogens is 343 g/mol. The molecule has 0 saturated carbocycles. The number of benzene rings is 1.